The van der Waals surface area contributed by atoms with Crippen LogP contribution in [0.1, 0.15) is 18.4 Å². The van der Waals surface area contributed by atoms with Gasteiger partial charge in [0, 0.05) is 6.61 Å². The molecular weight excluding hydrogens is 302 g/mol. The summed E-state index contributed by atoms with van der Waals surface area (Å²) in [6, 6.07) is 4.59. The number of carbonyl (C=O) groups excluding carboxylic acids is 1. The molecule has 22 heavy (non-hydrogen) atoms. The summed E-state index contributed by atoms with van der Waals surface area (Å²) in [7, 11) is 0. The zero-order valence-corrected chi connectivity index (χ0v) is 11.9. The highest BCUT2D eigenvalue weighted by molar-refractivity contribution is 5.79. The molecule has 0 N–H and O–H groups in total. The van der Waals surface area contributed by atoms with Gasteiger partial charge in [-0.2, -0.15) is 13.2 Å². The van der Waals surface area contributed by atoms with Gasteiger partial charge in [0.1, 0.15) is 12.4 Å². The lowest BCUT2D eigenvalue weighted by Gasteiger charge is -2.34. The Balaban J connectivity index is 2.08. The van der Waals surface area contributed by atoms with Crippen LogP contribution in [0, 0.1) is 5.82 Å². The molecule has 0 aliphatic carbocycles. The number of hydrogen-bond donors (Lipinski definition) is 0. The summed E-state index contributed by atoms with van der Waals surface area (Å²) in [5.41, 5.74) is 0.482. The molecule has 1 saturated heterocycles. The molecule has 0 unspecified atom stereocenters. The molecule has 1 heterocycles. The van der Waals surface area contributed by atoms with Crippen molar-refractivity contribution in [2.75, 3.05) is 19.8 Å². The lowest BCUT2D eigenvalue weighted by atomic mass is 10.1. The van der Waals surface area contributed by atoms with E-state index >= 15 is 0 Å². The molecule has 7 heteroatoms. The number of nitrogens with zero attached hydrogens (tertiary/aromatic N) is 1. The highest BCUT2D eigenvalue weighted by Crippen LogP contribution is 2.22. The van der Waals surface area contributed by atoms with Crippen LogP contribution in [0.25, 0.3) is 0 Å². The first kappa shape index (κ1) is 16.7. The molecule has 0 radical (unpaired) electrons. The number of alkyl halides is 3. The standard InChI is InChI=1S/C15H17F4NO2/c16-12-5-3-11(4-6-12)8-14(21)20(10-15(17,18)19)13-2-1-7-22-9-13/h3-6,13H,1-2,7-10H2/t13-/m1/s1. The van der Waals surface area contributed by atoms with Crippen LogP contribution < -0.4 is 0 Å². The molecule has 0 saturated carbocycles. The molecule has 1 aromatic rings. The average molecular weight is 319 g/mol. The third-order valence-electron chi connectivity index (χ3n) is 3.52. The van der Waals surface area contributed by atoms with Crippen molar-refractivity contribution in [2.24, 2.45) is 0 Å². The zero-order valence-electron chi connectivity index (χ0n) is 11.9. The fraction of sp³-hybridized carbons (Fsp3) is 0.533. The SMILES string of the molecule is O=C(Cc1ccc(F)cc1)N(CC(F)(F)F)[C@@H]1CCCOC1. The summed E-state index contributed by atoms with van der Waals surface area (Å²) in [5, 5.41) is 0. The molecule has 1 aromatic carbocycles. The molecule has 2 rings (SSSR count). The minimum atomic E-state index is -4.46. The summed E-state index contributed by atoms with van der Waals surface area (Å²) >= 11 is 0. The molecule has 122 valence electrons. The van der Waals surface area contributed by atoms with Gasteiger partial charge >= 0.3 is 6.18 Å². The number of hydrogen-bond acceptors (Lipinski definition) is 2. The van der Waals surface area contributed by atoms with E-state index in [-0.39, 0.29) is 13.0 Å². The number of ether oxygens (including phenoxy) is 1. The largest absolute Gasteiger partial charge is 0.406 e. The highest BCUT2D eigenvalue weighted by Gasteiger charge is 2.37. The number of rotatable bonds is 4. The average Bonchev–Trinajstić information content (AvgIpc) is 2.47. The first-order valence-corrected chi connectivity index (χ1v) is 7.03. The Hall–Kier alpha value is -1.63. The molecule has 1 amide bonds. The van der Waals surface area contributed by atoms with Crippen molar-refractivity contribution in [1.29, 1.82) is 0 Å². The predicted molar refractivity (Wildman–Crippen MR) is 71.7 cm³/mol. The maximum Gasteiger partial charge on any atom is 0.406 e. The van der Waals surface area contributed by atoms with Crippen LogP contribution in [0.3, 0.4) is 0 Å². The number of amides is 1. The molecule has 0 spiro atoms. The van der Waals surface area contributed by atoms with Gasteiger partial charge in [-0.25, -0.2) is 4.39 Å². The van der Waals surface area contributed by atoms with Crippen LogP contribution >= 0.6 is 0 Å². The Morgan fingerprint density at radius 2 is 1.95 bits per heavy atom. The topological polar surface area (TPSA) is 29.5 Å². The van der Waals surface area contributed by atoms with E-state index in [1.54, 1.807) is 0 Å². The lowest BCUT2D eigenvalue weighted by molar-refractivity contribution is -0.169. The van der Waals surface area contributed by atoms with Crippen LogP contribution in [-0.2, 0) is 16.0 Å². The highest BCUT2D eigenvalue weighted by atomic mass is 19.4. The Labute approximate surface area is 125 Å². The minimum Gasteiger partial charge on any atom is -0.379 e. The Morgan fingerprint density at radius 3 is 2.50 bits per heavy atom. The normalized spacial score (nSPS) is 19.0. The van der Waals surface area contributed by atoms with Gasteiger partial charge in [0.15, 0.2) is 0 Å². The molecule has 0 aromatic heterocycles. The zero-order chi connectivity index (χ0) is 16.2. The second kappa shape index (κ2) is 7.09. The molecule has 1 fully saturated rings. The van der Waals surface area contributed by atoms with Crippen molar-refractivity contribution in [2.45, 2.75) is 31.5 Å². The van der Waals surface area contributed by atoms with Crippen LogP contribution in [0.2, 0.25) is 0 Å². The first-order valence-electron chi connectivity index (χ1n) is 7.03. The third kappa shape index (κ3) is 4.98. The van der Waals surface area contributed by atoms with Gasteiger partial charge in [-0.05, 0) is 30.5 Å². The quantitative estimate of drug-likeness (QED) is 0.799. The van der Waals surface area contributed by atoms with E-state index in [0.29, 0.717) is 25.0 Å². The van der Waals surface area contributed by atoms with Gasteiger partial charge < -0.3 is 9.64 Å². The summed E-state index contributed by atoms with van der Waals surface area (Å²) in [6.45, 7) is -0.672. The van der Waals surface area contributed by atoms with Gasteiger partial charge in [-0.1, -0.05) is 12.1 Å². The molecule has 1 aliphatic heterocycles. The maximum absolute atomic E-state index is 12.8. The third-order valence-corrected chi connectivity index (χ3v) is 3.52. The summed E-state index contributed by atoms with van der Waals surface area (Å²) in [6.07, 6.45) is -3.53. The monoisotopic (exact) mass is 319 g/mol. The van der Waals surface area contributed by atoms with Gasteiger partial charge in [0.05, 0.1) is 19.1 Å². The first-order chi connectivity index (χ1) is 10.3. The van der Waals surface area contributed by atoms with Gasteiger partial charge in [0.25, 0.3) is 0 Å². The van der Waals surface area contributed by atoms with E-state index in [4.69, 9.17) is 4.74 Å². The van der Waals surface area contributed by atoms with Crippen molar-refractivity contribution >= 4 is 5.91 Å². The van der Waals surface area contributed by atoms with Crippen molar-refractivity contribution < 1.29 is 27.1 Å². The van der Waals surface area contributed by atoms with Crippen molar-refractivity contribution in [1.82, 2.24) is 4.90 Å². The predicted octanol–water partition coefficient (Wildman–Crippen LogP) is 2.94. The van der Waals surface area contributed by atoms with Crippen LogP contribution in [-0.4, -0.2) is 42.8 Å². The fourth-order valence-corrected chi connectivity index (χ4v) is 2.46. The smallest absolute Gasteiger partial charge is 0.379 e. The van der Waals surface area contributed by atoms with E-state index in [9.17, 15) is 22.4 Å². The van der Waals surface area contributed by atoms with Crippen LogP contribution in [0.4, 0.5) is 17.6 Å². The number of carbonyl (C=O) groups is 1. The second-order valence-corrected chi connectivity index (χ2v) is 5.31. The Kier molecular flexibility index (Phi) is 5.39. The van der Waals surface area contributed by atoms with Crippen molar-refractivity contribution in [3.8, 4) is 0 Å². The molecule has 1 atom stereocenters. The van der Waals surface area contributed by atoms with E-state index < -0.39 is 30.5 Å². The lowest BCUT2D eigenvalue weighted by Crippen LogP contribution is -2.49. The number of halogens is 4. The molecule has 1 aliphatic rings. The van der Waals surface area contributed by atoms with E-state index in [2.05, 4.69) is 0 Å². The van der Waals surface area contributed by atoms with Gasteiger partial charge in [-0.15, -0.1) is 0 Å². The summed E-state index contributed by atoms with van der Waals surface area (Å²) in [5.74, 6) is -1.08. The Morgan fingerprint density at radius 1 is 1.27 bits per heavy atom. The van der Waals surface area contributed by atoms with E-state index in [1.807, 2.05) is 0 Å². The Bertz CT molecular complexity index is 495. The summed E-state index contributed by atoms with van der Waals surface area (Å²) < 4.78 is 56.2. The fourth-order valence-electron chi connectivity index (χ4n) is 2.46. The van der Waals surface area contributed by atoms with Gasteiger partial charge in [-0.3, -0.25) is 4.79 Å². The van der Waals surface area contributed by atoms with E-state index in [0.717, 1.165) is 4.90 Å². The van der Waals surface area contributed by atoms with E-state index in [1.165, 1.54) is 24.3 Å². The maximum atomic E-state index is 12.8. The van der Waals surface area contributed by atoms with Crippen LogP contribution in [0.15, 0.2) is 24.3 Å². The van der Waals surface area contributed by atoms with Crippen molar-refractivity contribution in [3.05, 3.63) is 35.6 Å². The van der Waals surface area contributed by atoms with Crippen molar-refractivity contribution in [3.63, 3.8) is 0 Å². The molecule has 3 nitrogen and oxygen atoms in total. The van der Waals surface area contributed by atoms with Gasteiger partial charge in [0.2, 0.25) is 5.91 Å². The minimum absolute atomic E-state index is 0.116. The number of benzene rings is 1. The summed E-state index contributed by atoms with van der Waals surface area (Å²) in [4.78, 5) is 13.1. The second-order valence-electron chi connectivity index (χ2n) is 5.31. The van der Waals surface area contributed by atoms with Crippen LogP contribution in [0.5, 0.6) is 0 Å². The molecule has 0 bridgehead atoms. The molecular formula is C15H17F4NO2.